The molecule has 7 heteroatoms. The number of nitrogens with one attached hydrogen (secondary N) is 1. The minimum atomic E-state index is -0.490. The number of thioether (sulfide) groups is 1. The number of carbonyl (C=O) groups is 3. The lowest BCUT2D eigenvalue weighted by atomic mass is 10.1. The number of carbonyl (C=O) groups excluding carboxylic acids is 3. The second-order valence-corrected chi connectivity index (χ2v) is 9.54. The van der Waals surface area contributed by atoms with Gasteiger partial charge >= 0.3 is 0 Å². The van der Waals surface area contributed by atoms with Gasteiger partial charge in [0.05, 0.1) is 5.69 Å². The van der Waals surface area contributed by atoms with Crippen LogP contribution in [0, 0.1) is 6.92 Å². The van der Waals surface area contributed by atoms with Gasteiger partial charge in [0.1, 0.15) is 5.25 Å². The number of amidine groups is 1. The van der Waals surface area contributed by atoms with Crippen LogP contribution in [0.2, 0.25) is 0 Å². The molecule has 1 N–H and O–H groups in total. The van der Waals surface area contributed by atoms with Gasteiger partial charge in [0.25, 0.3) is 0 Å². The Morgan fingerprint density at radius 1 is 1.12 bits per heavy atom. The predicted molar refractivity (Wildman–Crippen MR) is 128 cm³/mol. The quantitative estimate of drug-likeness (QED) is 0.622. The highest BCUT2D eigenvalue weighted by molar-refractivity contribution is 8.15. The summed E-state index contributed by atoms with van der Waals surface area (Å²) in [6.45, 7) is 3.52. The number of amides is 2. The lowest BCUT2D eigenvalue weighted by Gasteiger charge is -2.23. The smallest absolute Gasteiger partial charge is 0.242 e. The first-order valence-electron chi connectivity index (χ1n) is 11.0. The van der Waals surface area contributed by atoms with E-state index >= 15 is 0 Å². The molecule has 1 heterocycles. The molecule has 0 radical (unpaired) electrons. The van der Waals surface area contributed by atoms with E-state index in [0.717, 1.165) is 36.9 Å². The number of hydrogen-bond donors (Lipinski definition) is 1. The first-order chi connectivity index (χ1) is 15.4. The molecular formula is C25H27N3O3S. The Morgan fingerprint density at radius 3 is 2.50 bits per heavy atom. The number of benzene rings is 2. The van der Waals surface area contributed by atoms with Crippen LogP contribution in [0.4, 0.5) is 11.4 Å². The molecule has 1 saturated carbocycles. The molecule has 0 spiro atoms. The maximum absolute atomic E-state index is 13.3. The van der Waals surface area contributed by atoms with Crippen LogP contribution in [0.5, 0.6) is 0 Å². The van der Waals surface area contributed by atoms with E-state index in [0.29, 0.717) is 16.4 Å². The molecule has 2 aromatic carbocycles. The number of hydrogen-bond acceptors (Lipinski definition) is 5. The van der Waals surface area contributed by atoms with Gasteiger partial charge < -0.3 is 5.32 Å². The Morgan fingerprint density at radius 2 is 1.84 bits per heavy atom. The zero-order chi connectivity index (χ0) is 22.7. The third kappa shape index (κ3) is 5.10. The summed E-state index contributed by atoms with van der Waals surface area (Å²) in [5, 5.41) is 3.04. The van der Waals surface area contributed by atoms with Crippen molar-refractivity contribution in [3.05, 3.63) is 59.7 Å². The van der Waals surface area contributed by atoms with E-state index in [9.17, 15) is 14.4 Å². The van der Waals surface area contributed by atoms with E-state index in [-0.39, 0.29) is 30.1 Å². The van der Waals surface area contributed by atoms with E-state index in [2.05, 4.69) is 5.32 Å². The molecule has 1 aliphatic carbocycles. The molecule has 2 aliphatic rings. The Labute approximate surface area is 192 Å². The molecule has 166 valence electrons. The summed E-state index contributed by atoms with van der Waals surface area (Å²) < 4.78 is 0. The normalized spacial score (nSPS) is 20.2. The standard InChI is InChI=1S/C25H27N3O3S/c1-16-6-5-7-20(14-16)27-25-28(21-8-3-4-9-21)24(31)22(32-25)15-23(30)26-19-12-10-18(11-13-19)17(2)29/h5-7,10-14,21-22H,3-4,8-9,15H2,1-2H3,(H,26,30). The molecule has 0 bridgehead atoms. The maximum atomic E-state index is 13.3. The average molecular weight is 450 g/mol. The highest BCUT2D eigenvalue weighted by atomic mass is 32.2. The van der Waals surface area contributed by atoms with Gasteiger partial charge in [0, 0.05) is 23.7 Å². The molecule has 32 heavy (non-hydrogen) atoms. The number of anilines is 1. The van der Waals surface area contributed by atoms with Crippen molar-refractivity contribution in [2.75, 3.05) is 5.32 Å². The second-order valence-electron chi connectivity index (χ2n) is 8.37. The average Bonchev–Trinajstić information content (AvgIpc) is 3.37. The van der Waals surface area contributed by atoms with E-state index in [4.69, 9.17) is 4.99 Å². The van der Waals surface area contributed by atoms with E-state index in [1.165, 1.54) is 18.7 Å². The van der Waals surface area contributed by atoms with Crippen molar-refractivity contribution in [2.45, 2.75) is 57.2 Å². The van der Waals surface area contributed by atoms with Crippen molar-refractivity contribution in [3.8, 4) is 0 Å². The number of rotatable bonds is 6. The fraction of sp³-hybridized carbons (Fsp3) is 0.360. The zero-order valence-corrected chi connectivity index (χ0v) is 19.2. The van der Waals surface area contributed by atoms with Gasteiger partial charge in [-0.2, -0.15) is 0 Å². The molecule has 2 fully saturated rings. The summed E-state index contributed by atoms with van der Waals surface area (Å²) in [7, 11) is 0. The lowest BCUT2D eigenvalue weighted by molar-refractivity contribution is -0.129. The minimum absolute atomic E-state index is 0.0248. The number of nitrogens with zero attached hydrogens (tertiary/aromatic N) is 2. The number of aryl methyl sites for hydroxylation is 1. The van der Waals surface area contributed by atoms with Crippen molar-refractivity contribution >= 4 is 45.9 Å². The Bertz CT molecular complexity index is 1060. The number of ketones is 1. The fourth-order valence-electron chi connectivity index (χ4n) is 4.17. The first kappa shape index (κ1) is 22.3. The van der Waals surface area contributed by atoms with Gasteiger partial charge in [0.2, 0.25) is 11.8 Å². The van der Waals surface area contributed by atoms with Crippen LogP contribution in [-0.4, -0.2) is 39.0 Å². The van der Waals surface area contributed by atoms with Crippen molar-refractivity contribution in [2.24, 2.45) is 4.99 Å². The van der Waals surface area contributed by atoms with Crippen molar-refractivity contribution in [3.63, 3.8) is 0 Å². The molecular weight excluding hydrogens is 422 g/mol. The molecule has 2 amide bonds. The van der Waals surface area contributed by atoms with Crippen LogP contribution in [0.15, 0.2) is 53.5 Å². The van der Waals surface area contributed by atoms with Gasteiger partial charge in [-0.1, -0.05) is 36.7 Å². The summed E-state index contributed by atoms with van der Waals surface area (Å²) in [5.41, 5.74) is 3.13. The third-order valence-corrected chi connectivity index (χ3v) is 6.98. The maximum Gasteiger partial charge on any atom is 0.242 e. The molecule has 1 atom stereocenters. The second kappa shape index (κ2) is 9.69. The van der Waals surface area contributed by atoms with Crippen LogP contribution < -0.4 is 5.32 Å². The molecule has 4 rings (SSSR count). The Balaban J connectivity index is 1.49. The van der Waals surface area contributed by atoms with Gasteiger partial charge in [-0.3, -0.25) is 19.3 Å². The summed E-state index contributed by atoms with van der Waals surface area (Å²) in [6.07, 6.45) is 4.24. The van der Waals surface area contributed by atoms with Gasteiger partial charge in [-0.15, -0.1) is 0 Å². The molecule has 2 aromatic rings. The summed E-state index contributed by atoms with van der Waals surface area (Å²) >= 11 is 1.38. The third-order valence-electron chi connectivity index (χ3n) is 5.83. The first-order valence-corrected chi connectivity index (χ1v) is 11.8. The van der Waals surface area contributed by atoms with Gasteiger partial charge in [-0.05, 0) is 68.7 Å². The Hall–Kier alpha value is -2.93. The molecule has 1 aliphatic heterocycles. The molecule has 6 nitrogen and oxygen atoms in total. The van der Waals surface area contributed by atoms with Crippen LogP contribution in [0.1, 0.15) is 54.9 Å². The summed E-state index contributed by atoms with van der Waals surface area (Å²) in [5.74, 6) is -0.284. The van der Waals surface area contributed by atoms with Crippen LogP contribution in [0.25, 0.3) is 0 Å². The largest absolute Gasteiger partial charge is 0.326 e. The van der Waals surface area contributed by atoms with Crippen molar-refractivity contribution in [1.29, 1.82) is 0 Å². The topological polar surface area (TPSA) is 78.8 Å². The summed E-state index contributed by atoms with van der Waals surface area (Å²) in [4.78, 5) is 44.0. The Kier molecular flexibility index (Phi) is 6.74. The van der Waals surface area contributed by atoms with Gasteiger partial charge in [0.15, 0.2) is 11.0 Å². The lowest BCUT2D eigenvalue weighted by Crippen LogP contribution is -2.40. The SMILES string of the molecule is CC(=O)c1ccc(NC(=O)CC2SC(=Nc3cccc(C)c3)N(C3CCCC3)C2=O)cc1. The van der Waals surface area contributed by atoms with Crippen molar-refractivity contribution in [1.82, 2.24) is 4.90 Å². The van der Waals surface area contributed by atoms with E-state index < -0.39 is 5.25 Å². The highest BCUT2D eigenvalue weighted by Crippen LogP contribution is 2.37. The van der Waals surface area contributed by atoms with E-state index in [1.807, 2.05) is 36.1 Å². The fourth-order valence-corrected chi connectivity index (χ4v) is 5.38. The van der Waals surface area contributed by atoms with Crippen molar-refractivity contribution < 1.29 is 14.4 Å². The van der Waals surface area contributed by atoms with Gasteiger partial charge in [-0.25, -0.2) is 4.99 Å². The monoisotopic (exact) mass is 449 g/mol. The number of Topliss-reactive ketones (excluding diaryl/α,β-unsaturated/α-hetero) is 1. The summed E-state index contributed by atoms with van der Waals surface area (Å²) in [6, 6.07) is 14.8. The molecule has 0 aromatic heterocycles. The van der Waals surface area contributed by atoms with Crippen LogP contribution in [-0.2, 0) is 9.59 Å². The minimum Gasteiger partial charge on any atom is -0.326 e. The molecule has 1 unspecified atom stereocenters. The number of aliphatic imine (C=N–C) groups is 1. The van der Waals surface area contributed by atoms with E-state index in [1.54, 1.807) is 24.3 Å². The predicted octanol–water partition coefficient (Wildman–Crippen LogP) is 5.10. The highest BCUT2D eigenvalue weighted by Gasteiger charge is 2.43. The molecule has 1 saturated heterocycles. The van der Waals surface area contributed by atoms with Crippen LogP contribution in [0.3, 0.4) is 0 Å². The van der Waals surface area contributed by atoms with Crippen LogP contribution >= 0.6 is 11.8 Å². The zero-order valence-electron chi connectivity index (χ0n) is 18.3.